The fourth-order valence-corrected chi connectivity index (χ4v) is 7.10. The van der Waals surface area contributed by atoms with Gasteiger partial charge in [0.25, 0.3) is 0 Å². The molecule has 0 aromatic heterocycles. The van der Waals surface area contributed by atoms with E-state index in [2.05, 4.69) is 13.2 Å². The van der Waals surface area contributed by atoms with Crippen molar-refractivity contribution in [3.05, 3.63) is 85.5 Å². The number of aliphatic hydroxyl groups excluding tert-OH is 1. The Kier molecular flexibility index (Phi) is 9.03. The van der Waals surface area contributed by atoms with Crippen molar-refractivity contribution in [2.45, 2.75) is 57.0 Å². The van der Waals surface area contributed by atoms with E-state index in [1.54, 1.807) is 28.9 Å². The normalized spacial score (nSPS) is 26.1. The molecule has 3 amide bonds. The Hall–Kier alpha value is -3.95. The summed E-state index contributed by atoms with van der Waals surface area (Å²) >= 11 is 0. The first kappa shape index (κ1) is 30.5. The van der Waals surface area contributed by atoms with Gasteiger partial charge in [0.2, 0.25) is 17.7 Å². The van der Waals surface area contributed by atoms with E-state index in [9.17, 15) is 19.5 Å². The lowest BCUT2D eigenvalue weighted by Crippen LogP contribution is -2.58. The SMILES string of the molecule is C=CCN(Cc1ccccc1)C(=O)C1N([C@H](C)CO)C(=O)[C@@H]2[C@H](C(=O)N(CC=C)c3ccc(OCC)cc3)[C@@H]3CCC12O3. The third kappa shape index (κ3) is 5.36. The van der Waals surface area contributed by atoms with E-state index < -0.39 is 35.6 Å². The van der Waals surface area contributed by atoms with Crippen LogP contribution in [0.15, 0.2) is 79.9 Å². The molecule has 9 nitrogen and oxygen atoms in total. The number of ether oxygens (including phenoxy) is 2. The Balaban J connectivity index is 1.51. The van der Waals surface area contributed by atoms with Gasteiger partial charge in [0.15, 0.2) is 0 Å². The lowest BCUT2D eigenvalue weighted by Gasteiger charge is -2.38. The number of benzene rings is 2. The zero-order valence-electron chi connectivity index (χ0n) is 24.9. The topological polar surface area (TPSA) is 99.6 Å². The molecule has 6 atom stereocenters. The number of carbonyl (C=O) groups is 3. The van der Waals surface area contributed by atoms with Crippen LogP contribution in [-0.4, -0.2) is 82.7 Å². The Morgan fingerprint density at radius 3 is 2.44 bits per heavy atom. The Labute approximate surface area is 253 Å². The van der Waals surface area contributed by atoms with E-state index in [1.807, 2.05) is 61.5 Å². The summed E-state index contributed by atoms with van der Waals surface area (Å²) in [7, 11) is 0. The maximum atomic E-state index is 14.5. The van der Waals surface area contributed by atoms with E-state index >= 15 is 0 Å². The molecule has 0 radical (unpaired) electrons. The molecule has 0 aliphatic carbocycles. The maximum Gasteiger partial charge on any atom is 0.249 e. The number of nitrogens with zero attached hydrogens (tertiary/aromatic N) is 3. The fourth-order valence-electron chi connectivity index (χ4n) is 7.10. The maximum absolute atomic E-state index is 14.5. The van der Waals surface area contributed by atoms with Gasteiger partial charge in [-0.3, -0.25) is 14.4 Å². The van der Waals surface area contributed by atoms with Gasteiger partial charge in [-0.15, -0.1) is 13.2 Å². The average molecular weight is 588 g/mol. The largest absolute Gasteiger partial charge is 0.494 e. The number of hydrogen-bond donors (Lipinski definition) is 1. The van der Waals surface area contributed by atoms with Crippen LogP contribution in [0.4, 0.5) is 5.69 Å². The van der Waals surface area contributed by atoms with Gasteiger partial charge in [0, 0.05) is 25.3 Å². The zero-order chi connectivity index (χ0) is 30.7. The molecule has 43 heavy (non-hydrogen) atoms. The van der Waals surface area contributed by atoms with Crippen LogP contribution in [0.5, 0.6) is 5.75 Å². The second-order valence-corrected chi connectivity index (χ2v) is 11.5. The smallest absolute Gasteiger partial charge is 0.249 e. The van der Waals surface area contributed by atoms with E-state index in [1.165, 1.54) is 4.90 Å². The van der Waals surface area contributed by atoms with Gasteiger partial charge in [-0.05, 0) is 56.5 Å². The molecule has 3 heterocycles. The molecular formula is C34H41N3O6. The van der Waals surface area contributed by atoms with Gasteiger partial charge in [0.1, 0.15) is 17.4 Å². The van der Waals surface area contributed by atoms with Crippen molar-refractivity contribution in [1.29, 1.82) is 0 Å². The van der Waals surface area contributed by atoms with E-state index in [-0.39, 0.29) is 37.4 Å². The molecule has 0 saturated carbocycles. The third-order valence-electron chi connectivity index (χ3n) is 8.91. The number of likely N-dealkylation sites (tertiary alicyclic amines) is 1. The number of anilines is 1. The van der Waals surface area contributed by atoms with E-state index in [0.717, 1.165) is 5.56 Å². The van der Waals surface area contributed by atoms with Crippen LogP contribution in [0.25, 0.3) is 0 Å². The number of amides is 3. The minimum absolute atomic E-state index is 0.243. The minimum Gasteiger partial charge on any atom is -0.494 e. The monoisotopic (exact) mass is 587 g/mol. The van der Waals surface area contributed by atoms with E-state index in [4.69, 9.17) is 9.47 Å². The summed E-state index contributed by atoms with van der Waals surface area (Å²) in [6.07, 6.45) is 3.84. The number of hydrogen-bond acceptors (Lipinski definition) is 6. The molecule has 2 aromatic rings. The molecule has 3 saturated heterocycles. The van der Waals surface area contributed by atoms with Crippen LogP contribution in [-0.2, 0) is 25.7 Å². The molecule has 2 aromatic carbocycles. The number of rotatable bonds is 13. The minimum atomic E-state index is -1.17. The van der Waals surface area contributed by atoms with Crippen molar-refractivity contribution < 1.29 is 29.0 Å². The van der Waals surface area contributed by atoms with Crippen molar-refractivity contribution in [2.24, 2.45) is 11.8 Å². The van der Waals surface area contributed by atoms with Crippen LogP contribution < -0.4 is 9.64 Å². The highest BCUT2D eigenvalue weighted by Gasteiger charge is 2.75. The molecule has 9 heteroatoms. The number of fused-ring (bicyclic) bond motifs is 1. The summed E-state index contributed by atoms with van der Waals surface area (Å²) in [6, 6.07) is 15.3. The van der Waals surface area contributed by atoms with Gasteiger partial charge in [-0.25, -0.2) is 0 Å². The molecule has 2 bridgehead atoms. The summed E-state index contributed by atoms with van der Waals surface area (Å²) < 4.78 is 12.2. The van der Waals surface area contributed by atoms with E-state index in [0.29, 0.717) is 37.4 Å². The zero-order valence-corrected chi connectivity index (χ0v) is 24.9. The second kappa shape index (κ2) is 12.7. The van der Waals surface area contributed by atoms with Gasteiger partial charge < -0.3 is 29.3 Å². The van der Waals surface area contributed by atoms with Crippen molar-refractivity contribution in [1.82, 2.24) is 9.80 Å². The highest BCUT2D eigenvalue weighted by atomic mass is 16.5. The first-order valence-electron chi connectivity index (χ1n) is 15.0. The molecule has 228 valence electrons. The van der Waals surface area contributed by atoms with Crippen LogP contribution in [0, 0.1) is 11.8 Å². The molecule has 1 spiro atoms. The van der Waals surface area contributed by atoms with Crippen LogP contribution in [0.1, 0.15) is 32.3 Å². The summed E-state index contributed by atoms with van der Waals surface area (Å²) in [5.74, 6) is -1.78. The summed E-state index contributed by atoms with van der Waals surface area (Å²) in [4.78, 5) is 47.9. The van der Waals surface area contributed by atoms with Crippen LogP contribution in [0.2, 0.25) is 0 Å². The predicted octanol–water partition coefficient (Wildman–Crippen LogP) is 3.57. The summed E-state index contributed by atoms with van der Waals surface area (Å²) in [6.45, 7) is 12.4. The lowest BCUT2D eigenvalue weighted by molar-refractivity contribution is -0.150. The summed E-state index contributed by atoms with van der Waals surface area (Å²) in [5, 5.41) is 10.2. The van der Waals surface area contributed by atoms with Crippen LogP contribution in [0.3, 0.4) is 0 Å². The van der Waals surface area contributed by atoms with Crippen molar-refractivity contribution in [3.63, 3.8) is 0 Å². The highest BCUT2D eigenvalue weighted by Crippen LogP contribution is 2.59. The molecule has 3 fully saturated rings. The summed E-state index contributed by atoms with van der Waals surface area (Å²) in [5.41, 5.74) is 0.430. The van der Waals surface area contributed by atoms with Crippen molar-refractivity contribution in [3.8, 4) is 5.75 Å². The fraction of sp³-hybridized carbons (Fsp3) is 0.441. The Morgan fingerprint density at radius 2 is 1.81 bits per heavy atom. The lowest BCUT2D eigenvalue weighted by atomic mass is 9.70. The molecule has 1 N–H and O–H groups in total. The predicted molar refractivity (Wildman–Crippen MR) is 163 cm³/mol. The Bertz CT molecular complexity index is 1350. The Morgan fingerprint density at radius 1 is 1.12 bits per heavy atom. The molecular weight excluding hydrogens is 546 g/mol. The van der Waals surface area contributed by atoms with Crippen molar-refractivity contribution in [2.75, 3.05) is 31.2 Å². The highest BCUT2D eigenvalue weighted by molar-refractivity contribution is 6.03. The van der Waals surface area contributed by atoms with Gasteiger partial charge in [-0.1, -0.05) is 42.5 Å². The average Bonchev–Trinajstić information content (AvgIpc) is 3.67. The van der Waals surface area contributed by atoms with Crippen molar-refractivity contribution >= 4 is 23.4 Å². The van der Waals surface area contributed by atoms with Gasteiger partial charge >= 0.3 is 0 Å². The standard InChI is InChI=1S/C34H41N3O6/c1-5-19-35(21-24-11-9-8-10-12-24)33(41)30-34-18-17-27(43-34)28(29(34)32(40)37(30)23(4)22-38)31(39)36(20-6-2)25-13-15-26(16-14-25)42-7-3/h5-6,8-16,23,27-30,38H,1-2,7,17-22H2,3-4H3/t23-,27+,28-,29+,30?,34?/m1/s1. The number of carbonyl (C=O) groups excluding carboxylic acids is 3. The number of aliphatic hydroxyl groups is 1. The second-order valence-electron chi connectivity index (χ2n) is 11.5. The molecule has 3 aliphatic rings. The third-order valence-corrected chi connectivity index (χ3v) is 8.91. The molecule has 5 rings (SSSR count). The first-order chi connectivity index (χ1) is 20.8. The quantitative estimate of drug-likeness (QED) is 0.360. The van der Waals surface area contributed by atoms with Gasteiger partial charge in [-0.2, -0.15) is 0 Å². The molecule has 2 unspecified atom stereocenters. The first-order valence-corrected chi connectivity index (χ1v) is 15.0. The molecule has 3 aliphatic heterocycles. The van der Waals surface area contributed by atoms with Crippen LogP contribution >= 0.6 is 0 Å². The van der Waals surface area contributed by atoms with Gasteiger partial charge in [0.05, 0.1) is 37.2 Å².